The summed E-state index contributed by atoms with van der Waals surface area (Å²) in [6.07, 6.45) is 2.03. The highest BCUT2D eigenvalue weighted by molar-refractivity contribution is 7.89. The van der Waals surface area contributed by atoms with E-state index in [2.05, 4.69) is 4.72 Å². The lowest BCUT2D eigenvalue weighted by Gasteiger charge is -2.55. The van der Waals surface area contributed by atoms with E-state index in [-0.39, 0.29) is 17.2 Å². The number of benzene rings is 1. The summed E-state index contributed by atoms with van der Waals surface area (Å²) in [5.74, 6) is 0.0786. The molecule has 1 aliphatic heterocycles. The Kier molecular flexibility index (Phi) is 4.78. The molecule has 2 aliphatic rings. The van der Waals surface area contributed by atoms with Gasteiger partial charge >= 0.3 is 0 Å². The zero-order valence-corrected chi connectivity index (χ0v) is 14.3. The standard InChI is InChI=1S/C17H25NO4S/c1-13-2-4-14(5-3-13)6-11-23(20,21)18-15-12-16(19)17(15)7-9-22-10-8-17/h2-5,15-16,18-19H,6-12H2,1H3/t15-,16-/m1/s1. The first kappa shape index (κ1) is 16.9. The highest BCUT2D eigenvalue weighted by atomic mass is 32.2. The number of nitrogens with one attached hydrogen (secondary N) is 1. The average molecular weight is 339 g/mol. The summed E-state index contributed by atoms with van der Waals surface area (Å²) in [5.41, 5.74) is 1.87. The normalized spacial score (nSPS) is 26.9. The third kappa shape index (κ3) is 3.60. The Morgan fingerprint density at radius 1 is 1.26 bits per heavy atom. The summed E-state index contributed by atoms with van der Waals surface area (Å²) in [5, 5.41) is 10.1. The molecule has 5 nitrogen and oxygen atoms in total. The second-order valence-corrected chi connectivity index (χ2v) is 8.70. The Labute approximate surface area is 138 Å². The summed E-state index contributed by atoms with van der Waals surface area (Å²) in [6, 6.07) is 7.77. The zero-order chi connectivity index (χ0) is 16.5. The fraction of sp³-hybridized carbons (Fsp3) is 0.647. The number of hydrogen-bond acceptors (Lipinski definition) is 4. The van der Waals surface area contributed by atoms with E-state index in [4.69, 9.17) is 4.74 Å². The molecule has 1 saturated heterocycles. The smallest absolute Gasteiger partial charge is 0.212 e. The molecule has 128 valence electrons. The topological polar surface area (TPSA) is 75.6 Å². The molecule has 1 aliphatic carbocycles. The van der Waals surface area contributed by atoms with Crippen LogP contribution in [-0.2, 0) is 21.2 Å². The molecule has 0 bridgehead atoms. The van der Waals surface area contributed by atoms with E-state index in [0.29, 0.717) is 26.1 Å². The average Bonchev–Trinajstić information content (AvgIpc) is 2.55. The third-order valence-electron chi connectivity index (χ3n) is 5.34. The monoisotopic (exact) mass is 339 g/mol. The van der Waals surface area contributed by atoms with Crippen molar-refractivity contribution in [3.63, 3.8) is 0 Å². The van der Waals surface area contributed by atoms with E-state index in [1.807, 2.05) is 31.2 Å². The van der Waals surface area contributed by atoms with Crippen LogP contribution in [0.25, 0.3) is 0 Å². The van der Waals surface area contributed by atoms with Crippen LogP contribution < -0.4 is 4.72 Å². The number of aryl methyl sites for hydroxylation is 2. The first-order valence-electron chi connectivity index (χ1n) is 8.23. The minimum Gasteiger partial charge on any atom is -0.392 e. The highest BCUT2D eigenvalue weighted by Gasteiger charge is 2.55. The second kappa shape index (κ2) is 6.51. The van der Waals surface area contributed by atoms with Crippen LogP contribution in [0.4, 0.5) is 0 Å². The maximum Gasteiger partial charge on any atom is 0.212 e. The van der Waals surface area contributed by atoms with Gasteiger partial charge in [-0.2, -0.15) is 0 Å². The molecule has 2 atom stereocenters. The first-order chi connectivity index (χ1) is 10.9. The van der Waals surface area contributed by atoms with E-state index in [0.717, 1.165) is 18.4 Å². The van der Waals surface area contributed by atoms with Gasteiger partial charge in [0.1, 0.15) is 0 Å². The van der Waals surface area contributed by atoms with Crippen LogP contribution in [0, 0.1) is 12.3 Å². The predicted molar refractivity (Wildman–Crippen MR) is 88.7 cm³/mol. The number of hydrogen-bond donors (Lipinski definition) is 2. The minimum atomic E-state index is -3.35. The Bertz CT molecular complexity index is 635. The first-order valence-corrected chi connectivity index (χ1v) is 9.88. The quantitative estimate of drug-likeness (QED) is 0.850. The van der Waals surface area contributed by atoms with Gasteiger partial charge in [-0.25, -0.2) is 13.1 Å². The van der Waals surface area contributed by atoms with Gasteiger partial charge in [-0.15, -0.1) is 0 Å². The number of rotatable bonds is 5. The van der Waals surface area contributed by atoms with Crippen molar-refractivity contribution in [3.05, 3.63) is 35.4 Å². The van der Waals surface area contributed by atoms with Gasteiger partial charge in [0.05, 0.1) is 11.9 Å². The fourth-order valence-electron chi connectivity index (χ4n) is 3.65. The number of aliphatic hydroxyl groups is 1. The van der Waals surface area contributed by atoms with Crippen molar-refractivity contribution in [2.75, 3.05) is 19.0 Å². The summed E-state index contributed by atoms with van der Waals surface area (Å²) in [4.78, 5) is 0. The van der Waals surface area contributed by atoms with Crippen LogP contribution in [0.3, 0.4) is 0 Å². The van der Waals surface area contributed by atoms with Crippen molar-refractivity contribution in [2.24, 2.45) is 5.41 Å². The molecule has 1 heterocycles. The molecule has 23 heavy (non-hydrogen) atoms. The van der Waals surface area contributed by atoms with Gasteiger partial charge < -0.3 is 9.84 Å². The van der Waals surface area contributed by atoms with Crippen molar-refractivity contribution in [1.29, 1.82) is 0 Å². The summed E-state index contributed by atoms with van der Waals surface area (Å²) in [6.45, 7) is 3.20. The SMILES string of the molecule is Cc1ccc(CCS(=O)(=O)N[C@@H]2C[C@@H](O)C23CCOCC3)cc1. The Morgan fingerprint density at radius 3 is 2.52 bits per heavy atom. The van der Waals surface area contributed by atoms with Crippen LogP contribution in [0.1, 0.15) is 30.4 Å². The van der Waals surface area contributed by atoms with Gasteiger partial charge in [0.2, 0.25) is 10.0 Å². The zero-order valence-electron chi connectivity index (χ0n) is 13.5. The number of sulfonamides is 1. The van der Waals surface area contributed by atoms with Gasteiger partial charge in [0.15, 0.2) is 0 Å². The molecule has 1 aromatic rings. The molecule has 0 unspecified atom stereocenters. The Hall–Kier alpha value is -0.950. The highest BCUT2D eigenvalue weighted by Crippen LogP contribution is 2.49. The van der Waals surface area contributed by atoms with Crippen molar-refractivity contribution in [1.82, 2.24) is 4.72 Å². The van der Waals surface area contributed by atoms with E-state index in [1.54, 1.807) is 0 Å². The van der Waals surface area contributed by atoms with Crippen molar-refractivity contribution < 1.29 is 18.3 Å². The number of aliphatic hydroxyl groups excluding tert-OH is 1. The van der Waals surface area contributed by atoms with Crippen LogP contribution in [0.2, 0.25) is 0 Å². The largest absolute Gasteiger partial charge is 0.392 e. The molecule has 2 fully saturated rings. The van der Waals surface area contributed by atoms with Gasteiger partial charge in [-0.05, 0) is 38.2 Å². The van der Waals surface area contributed by atoms with Gasteiger partial charge in [-0.3, -0.25) is 0 Å². The maximum absolute atomic E-state index is 12.4. The molecule has 2 N–H and O–H groups in total. The fourth-order valence-corrected chi connectivity index (χ4v) is 5.03. The summed E-state index contributed by atoms with van der Waals surface area (Å²) >= 11 is 0. The van der Waals surface area contributed by atoms with Gasteiger partial charge in [-0.1, -0.05) is 29.8 Å². The maximum atomic E-state index is 12.4. The van der Waals surface area contributed by atoms with E-state index in [1.165, 1.54) is 5.56 Å². The minimum absolute atomic E-state index is 0.0786. The molecular formula is C17H25NO4S. The van der Waals surface area contributed by atoms with Crippen molar-refractivity contribution in [2.45, 2.75) is 44.8 Å². The molecular weight excluding hydrogens is 314 g/mol. The molecule has 1 aromatic carbocycles. The second-order valence-electron chi connectivity index (χ2n) is 6.82. The van der Waals surface area contributed by atoms with E-state index < -0.39 is 16.1 Å². The van der Waals surface area contributed by atoms with Gasteiger partial charge in [0.25, 0.3) is 0 Å². The molecule has 6 heteroatoms. The van der Waals surface area contributed by atoms with Crippen LogP contribution in [0.15, 0.2) is 24.3 Å². The van der Waals surface area contributed by atoms with Crippen LogP contribution in [0.5, 0.6) is 0 Å². The van der Waals surface area contributed by atoms with Gasteiger partial charge in [0, 0.05) is 24.7 Å². The molecule has 0 amide bonds. The molecule has 1 saturated carbocycles. The molecule has 3 rings (SSSR count). The summed E-state index contributed by atoms with van der Waals surface area (Å²) in [7, 11) is -3.35. The molecule has 1 spiro atoms. The lowest BCUT2D eigenvalue weighted by molar-refractivity contribution is -0.143. The van der Waals surface area contributed by atoms with Crippen LogP contribution in [-0.4, -0.2) is 44.6 Å². The summed E-state index contributed by atoms with van der Waals surface area (Å²) < 4.78 is 32.9. The lowest BCUT2D eigenvalue weighted by Crippen LogP contribution is -2.65. The molecule has 0 radical (unpaired) electrons. The third-order valence-corrected chi connectivity index (χ3v) is 6.73. The van der Waals surface area contributed by atoms with E-state index >= 15 is 0 Å². The van der Waals surface area contributed by atoms with Crippen LogP contribution >= 0.6 is 0 Å². The number of ether oxygens (including phenoxy) is 1. The lowest BCUT2D eigenvalue weighted by atomic mass is 9.58. The van der Waals surface area contributed by atoms with E-state index in [9.17, 15) is 13.5 Å². The predicted octanol–water partition coefficient (Wildman–Crippen LogP) is 1.39. The van der Waals surface area contributed by atoms with Crippen molar-refractivity contribution >= 4 is 10.0 Å². The Balaban J connectivity index is 1.59. The Morgan fingerprint density at radius 2 is 1.91 bits per heavy atom. The molecule has 0 aromatic heterocycles. The van der Waals surface area contributed by atoms with Crippen molar-refractivity contribution in [3.8, 4) is 0 Å².